The van der Waals surface area contributed by atoms with E-state index in [4.69, 9.17) is 4.52 Å². The number of hydrogen-bond donors (Lipinski definition) is 1. The first-order valence-corrected chi connectivity index (χ1v) is 8.01. The molecule has 0 saturated heterocycles. The molecule has 0 aliphatic heterocycles. The maximum Gasteiger partial charge on any atom is 0.307 e. The Morgan fingerprint density at radius 1 is 1.50 bits per heavy atom. The highest BCUT2D eigenvalue weighted by molar-refractivity contribution is 7.98. The van der Waals surface area contributed by atoms with Crippen molar-refractivity contribution in [2.45, 2.75) is 38.4 Å². The van der Waals surface area contributed by atoms with E-state index in [9.17, 15) is 9.90 Å². The molecule has 1 aromatic heterocycles. The maximum absolute atomic E-state index is 11.3. The quantitative estimate of drug-likeness (QED) is 0.813. The fourth-order valence-electron chi connectivity index (χ4n) is 2.22. The van der Waals surface area contributed by atoms with Gasteiger partial charge in [0.05, 0.1) is 17.6 Å². The third kappa shape index (κ3) is 3.85. The fourth-order valence-corrected chi connectivity index (χ4v) is 3.11. The van der Waals surface area contributed by atoms with Gasteiger partial charge >= 0.3 is 5.97 Å². The smallest absolute Gasteiger partial charge is 0.307 e. The molecule has 0 amide bonds. The molecule has 0 fully saturated rings. The molecular weight excluding hydrogens is 276 g/mol. The van der Waals surface area contributed by atoms with Crippen LogP contribution in [0, 0.1) is 11.8 Å². The van der Waals surface area contributed by atoms with Crippen molar-refractivity contribution in [2.24, 2.45) is 11.8 Å². The molecule has 0 aromatic carbocycles. The number of nitrogens with zero attached hydrogens (tertiary/aromatic N) is 2. The lowest BCUT2D eigenvalue weighted by Gasteiger charge is -2.21. The van der Waals surface area contributed by atoms with E-state index in [0.717, 1.165) is 5.75 Å². The Balaban J connectivity index is 2.00. The first-order valence-electron chi connectivity index (χ1n) is 6.86. The van der Waals surface area contributed by atoms with Crippen LogP contribution in [0.4, 0.5) is 0 Å². The molecule has 1 aromatic rings. The molecule has 1 heterocycles. The summed E-state index contributed by atoms with van der Waals surface area (Å²) < 4.78 is 5.27. The monoisotopic (exact) mass is 296 g/mol. The summed E-state index contributed by atoms with van der Waals surface area (Å²) >= 11 is 1.77. The molecule has 2 atom stereocenters. The van der Waals surface area contributed by atoms with Gasteiger partial charge in [-0.15, -0.1) is 0 Å². The number of thioether (sulfide) groups is 1. The molecule has 1 aliphatic carbocycles. The Morgan fingerprint density at radius 2 is 2.25 bits per heavy atom. The molecular formula is C14H20N2O3S. The number of aliphatic carboxylic acids is 1. The lowest BCUT2D eigenvalue weighted by atomic mass is 9.83. The second-order valence-electron chi connectivity index (χ2n) is 5.45. The average molecular weight is 296 g/mol. The van der Waals surface area contributed by atoms with Gasteiger partial charge in [-0.05, 0) is 24.5 Å². The minimum atomic E-state index is -0.798. The molecule has 2 rings (SSSR count). The van der Waals surface area contributed by atoms with Crippen molar-refractivity contribution in [3.63, 3.8) is 0 Å². The molecule has 110 valence electrons. The second-order valence-corrected chi connectivity index (χ2v) is 6.48. The van der Waals surface area contributed by atoms with Crippen LogP contribution >= 0.6 is 11.8 Å². The molecule has 0 spiro atoms. The van der Waals surface area contributed by atoms with Gasteiger partial charge in [0.25, 0.3) is 0 Å². The van der Waals surface area contributed by atoms with E-state index in [-0.39, 0.29) is 5.92 Å². The van der Waals surface area contributed by atoms with Gasteiger partial charge in [-0.1, -0.05) is 31.2 Å². The third-order valence-electron chi connectivity index (χ3n) is 3.23. The average Bonchev–Trinajstić information content (AvgIpc) is 2.87. The summed E-state index contributed by atoms with van der Waals surface area (Å²) in [5.74, 6) is 2.05. The van der Waals surface area contributed by atoms with Gasteiger partial charge in [-0.2, -0.15) is 16.7 Å². The van der Waals surface area contributed by atoms with Gasteiger partial charge in [-0.3, -0.25) is 4.79 Å². The molecule has 6 heteroatoms. The van der Waals surface area contributed by atoms with Crippen LogP contribution in [0.1, 0.15) is 44.3 Å². The summed E-state index contributed by atoms with van der Waals surface area (Å²) in [6.07, 6.45) is 5.07. The minimum absolute atomic E-state index is 0.200. The minimum Gasteiger partial charge on any atom is -0.481 e. The van der Waals surface area contributed by atoms with Crippen molar-refractivity contribution in [2.75, 3.05) is 5.75 Å². The number of allylic oxidation sites excluding steroid dienone is 2. The van der Waals surface area contributed by atoms with Gasteiger partial charge in [0.15, 0.2) is 5.82 Å². The van der Waals surface area contributed by atoms with Gasteiger partial charge in [0, 0.05) is 0 Å². The second kappa shape index (κ2) is 6.92. The maximum atomic E-state index is 11.3. The van der Waals surface area contributed by atoms with Crippen LogP contribution in [0.25, 0.3) is 0 Å². The molecule has 1 aliphatic rings. The van der Waals surface area contributed by atoms with Crippen LogP contribution in [0.3, 0.4) is 0 Å². The predicted molar refractivity (Wildman–Crippen MR) is 77.5 cm³/mol. The predicted octanol–water partition coefficient (Wildman–Crippen LogP) is 3.09. The van der Waals surface area contributed by atoms with Crippen molar-refractivity contribution in [1.29, 1.82) is 0 Å². The van der Waals surface area contributed by atoms with Crippen molar-refractivity contribution in [3.05, 3.63) is 23.9 Å². The van der Waals surface area contributed by atoms with E-state index >= 15 is 0 Å². The highest BCUT2D eigenvalue weighted by atomic mass is 32.2. The number of carbonyl (C=O) groups is 1. The number of carboxylic acids is 1. The molecule has 0 bridgehead atoms. The highest BCUT2D eigenvalue weighted by Gasteiger charge is 2.33. The van der Waals surface area contributed by atoms with Crippen LogP contribution in [0.15, 0.2) is 16.7 Å². The van der Waals surface area contributed by atoms with E-state index in [1.54, 1.807) is 11.8 Å². The molecule has 1 N–H and O–H groups in total. The summed E-state index contributed by atoms with van der Waals surface area (Å²) in [5, 5.41) is 13.2. The normalized spacial score (nSPS) is 22.4. The topological polar surface area (TPSA) is 76.2 Å². The highest BCUT2D eigenvalue weighted by Crippen LogP contribution is 2.34. The Hall–Kier alpha value is -1.30. The summed E-state index contributed by atoms with van der Waals surface area (Å²) in [5.41, 5.74) is 0. The first kappa shape index (κ1) is 15.1. The zero-order valence-corrected chi connectivity index (χ0v) is 12.6. The lowest BCUT2D eigenvalue weighted by molar-refractivity contribution is -0.142. The van der Waals surface area contributed by atoms with E-state index in [2.05, 4.69) is 24.0 Å². The fraction of sp³-hybridized carbons (Fsp3) is 0.643. The van der Waals surface area contributed by atoms with Gasteiger partial charge in [-0.25, -0.2) is 0 Å². The van der Waals surface area contributed by atoms with E-state index < -0.39 is 11.9 Å². The SMILES string of the molecule is CC(C)CSCc1noc(C2CC=CCC2C(=O)O)n1. The summed E-state index contributed by atoms with van der Waals surface area (Å²) in [6, 6.07) is 0. The zero-order valence-electron chi connectivity index (χ0n) is 11.8. The Labute approximate surface area is 122 Å². The summed E-state index contributed by atoms with van der Waals surface area (Å²) in [6.45, 7) is 4.33. The molecule has 2 unspecified atom stereocenters. The van der Waals surface area contributed by atoms with Crippen molar-refractivity contribution in [1.82, 2.24) is 10.1 Å². The number of carboxylic acid groups (broad SMARTS) is 1. The number of hydrogen-bond acceptors (Lipinski definition) is 5. The van der Waals surface area contributed by atoms with Gasteiger partial charge in [0.1, 0.15) is 0 Å². The molecule has 20 heavy (non-hydrogen) atoms. The van der Waals surface area contributed by atoms with Gasteiger partial charge < -0.3 is 9.63 Å². The van der Waals surface area contributed by atoms with Crippen LogP contribution in [-0.4, -0.2) is 27.0 Å². The first-order chi connectivity index (χ1) is 9.58. The Bertz CT molecular complexity index is 485. The number of rotatable bonds is 6. The Kier molecular flexibility index (Phi) is 5.23. The van der Waals surface area contributed by atoms with Crippen LogP contribution in [-0.2, 0) is 10.5 Å². The van der Waals surface area contributed by atoms with Crippen LogP contribution < -0.4 is 0 Å². The van der Waals surface area contributed by atoms with Crippen molar-refractivity contribution >= 4 is 17.7 Å². The molecule has 0 radical (unpaired) electrons. The number of aromatic nitrogens is 2. The lowest BCUT2D eigenvalue weighted by Crippen LogP contribution is -2.23. The standard InChI is InChI=1S/C14H20N2O3S/c1-9(2)7-20-8-12-15-13(19-16-12)10-5-3-4-6-11(10)14(17)18/h3-4,9-11H,5-8H2,1-2H3,(H,17,18). The Morgan fingerprint density at radius 3 is 2.95 bits per heavy atom. The van der Waals surface area contributed by atoms with Gasteiger partial charge in [0.2, 0.25) is 5.89 Å². The van der Waals surface area contributed by atoms with Crippen LogP contribution in [0.5, 0.6) is 0 Å². The third-order valence-corrected chi connectivity index (χ3v) is 4.60. The van der Waals surface area contributed by atoms with E-state index in [1.165, 1.54) is 0 Å². The van der Waals surface area contributed by atoms with Crippen molar-refractivity contribution in [3.8, 4) is 0 Å². The zero-order chi connectivity index (χ0) is 14.5. The van der Waals surface area contributed by atoms with E-state index in [1.807, 2.05) is 12.2 Å². The van der Waals surface area contributed by atoms with Crippen LogP contribution in [0.2, 0.25) is 0 Å². The van der Waals surface area contributed by atoms with Crippen molar-refractivity contribution < 1.29 is 14.4 Å². The van der Waals surface area contributed by atoms with E-state index in [0.29, 0.717) is 36.2 Å². The summed E-state index contributed by atoms with van der Waals surface area (Å²) in [4.78, 5) is 15.6. The molecule has 0 saturated carbocycles. The summed E-state index contributed by atoms with van der Waals surface area (Å²) in [7, 11) is 0. The largest absolute Gasteiger partial charge is 0.481 e. The molecule has 5 nitrogen and oxygen atoms in total.